The van der Waals surface area contributed by atoms with Crippen LogP contribution in [-0.4, -0.2) is 28.1 Å². The second-order valence-corrected chi connectivity index (χ2v) is 4.22. The van der Waals surface area contributed by atoms with E-state index in [1.165, 1.54) is 0 Å². The number of carboxylic acid groups (broad SMARTS) is 1. The van der Waals surface area contributed by atoms with Gasteiger partial charge in [-0.05, 0) is 37.1 Å². The molecule has 1 aromatic carbocycles. The van der Waals surface area contributed by atoms with E-state index in [1.54, 1.807) is 20.1 Å². The zero-order valence-corrected chi connectivity index (χ0v) is 11.0. The lowest BCUT2D eigenvalue weighted by molar-refractivity contribution is 0.193. The fourth-order valence-corrected chi connectivity index (χ4v) is 2.07. The predicted molar refractivity (Wildman–Crippen MR) is 71.5 cm³/mol. The van der Waals surface area contributed by atoms with Crippen LogP contribution in [0.4, 0.5) is 10.6 Å². The number of aromatic nitrogens is 2. The van der Waals surface area contributed by atoms with Crippen LogP contribution in [0.15, 0.2) is 18.2 Å². The van der Waals surface area contributed by atoms with Gasteiger partial charge in [0.25, 0.3) is 0 Å². The van der Waals surface area contributed by atoms with Crippen molar-refractivity contribution in [1.82, 2.24) is 9.78 Å². The van der Waals surface area contributed by atoms with Gasteiger partial charge in [-0.3, -0.25) is 0 Å². The summed E-state index contributed by atoms with van der Waals surface area (Å²) < 4.78 is 5.93. The molecule has 0 saturated carbocycles. The van der Waals surface area contributed by atoms with Gasteiger partial charge in [0.1, 0.15) is 11.6 Å². The molecule has 6 heteroatoms. The van der Waals surface area contributed by atoms with E-state index in [4.69, 9.17) is 15.6 Å². The van der Waals surface area contributed by atoms with Crippen molar-refractivity contribution in [3.63, 3.8) is 0 Å². The summed E-state index contributed by atoms with van der Waals surface area (Å²) in [6, 6.07) is 5.52. The van der Waals surface area contributed by atoms with Gasteiger partial charge in [-0.15, -0.1) is 4.68 Å². The van der Waals surface area contributed by atoms with Crippen LogP contribution in [0.2, 0.25) is 0 Å². The Kier molecular flexibility index (Phi) is 3.16. The summed E-state index contributed by atoms with van der Waals surface area (Å²) in [6.45, 7) is 3.64. The molecule has 3 N–H and O–H groups in total. The first-order valence-electron chi connectivity index (χ1n) is 5.69. The van der Waals surface area contributed by atoms with Crippen LogP contribution in [0, 0.1) is 13.8 Å². The highest BCUT2D eigenvalue weighted by molar-refractivity contribution is 5.84. The summed E-state index contributed by atoms with van der Waals surface area (Å²) in [4.78, 5) is 11.0. The van der Waals surface area contributed by atoms with Crippen molar-refractivity contribution in [3.05, 3.63) is 29.5 Å². The lowest BCUT2D eigenvalue weighted by Gasteiger charge is -2.08. The number of nitrogen functional groups attached to an aromatic ring is 1. The molecular weight excluding hydrogens is 246 g/mol. The Balaban J connectivity index is 2.62. The largest absolute Gasteiger partial charge is 0.497 e. The fourth-order valence-electron chi connectivity index (χ4n) is 2.07. The van der Waals surface area contributed by atoms with Gasteiger partial charge in [0.05, 0.1) is 12.8 Å². The smallest absolute Gasteiger partial charge is 0.434 e. The molecule has 100 valence electrons. The Hall–Kier alpha value is -2.50. The number of rotatable bonds is 2. The summed E-state index contributed by atoms with van der Waals surface area (Å²) in [6.07, 6.45) is -1.20. The molecule has 0 saturated heterocycles. The average molecular weight is 261 g/mol. The molecule has 0 radical (unpaired) electrons. The van der Waals surface area contributed by atoms with Crippen molar-refractivity contribution in [1.29, 1.82) is 0 Å². The second-order valence-electron chi connectivity index (χ2n) is 4.22. The fraction of sp³-hybridized carbons (Fsp3) is 0.231. The number of nitrogens with two attached hydrogens (primary N) is 1. The molecule has 0 aliphatic rings. The van der Waals surface area contributed by atoms with Crippen molar-refractivity contribution in [2.45, 2.75) is 13.8 Å². The van der Waals surface area contributed by atoms with E-state index in [0.29, 0.717) is 11.3 Å². The zero-order chi connectivity index (χ0) is 14.2. The molecule has 0 spiro atoms. The zero-order valence-electron chi connectivity index (χ0n) is 11.0. The highest BCUT2D eigenvalue weighted by atomic mass is 16.5. The molecule has 0 aliphatic heterocycles. The standard InChI is InChI=1S/C13H15N3O3/c1-7-6-9(19-3)4-5-10(7)11-8(2)15-16(12(11)14)13(17)18/h4-6H,14H2,1-3H3,(H,17,18). The monoisotopic (exact) mass is 261 g/mol. The summed E-state index contributed by atoms with van der Waals surface area (Å²) in [7, 11) is 1.59. The van der Waals surface area contributed by atoms with E-state index in [9.17, 15) is 4.79 Å². The Morgan fingerprint density at radius 2 is 2.11 bits per heavy atom. The SMILES string of the molecule is COc1ccc(-c2c(C)nn(C(=O)O)c2N)c(C)c1. The highest BCUT2D eigenvalue weighted by Gasteiger charge is 2.19. The molecule has 0 unspecified atom stereocenters. The Bertz CT molecular complexity index is 647. The maximum Gasteiger partial charge on any atom is 0.434 e. The molecule has 19 heavy (non-hydrogen) atoms. The van der Waals surface area contributed by atoms with Crippen LogP contribution in [0.5, 0.6) is 5.75 Å². The minimum absolute atomic E-state index is 0.123. The summed E-state index contributed by atoms with van der Waals surface area (Å²) in [5.74, 6) is 0.862. The van der Waals surface area contributed by atoms with Crippen LogP contribution < -0.4 is 10.5 Å². The minimum Gasteiger partial charge on any atom is -0.497 e. The van der Waals surface area contributed by atoms with E-state index in [-0.39, 0.29) is 5.82 Å². The first-order chi connectivity index (χ1) is 8.95. The van der Waals surface area contributed by atoms with Gasteiger partial charge >= 0.3 is 6.09 Å². The lowest BCUT2D eigenvalue weighted by atomic mass is 10.0. The van der Waals surface area contributed by atoms with Gasteiger partial charge in [0.2, 0.25) is 0 Å². The van der Waals surface area contributed by atoms with Gasteiger partial charge in [0.15, 0.2) is 0 Å². The molecule has 0 aliphatic carbocycles. The molecule has 1 heterocycles. The topological polar surface area (TPSA) is 90.4 Å². The number of methoxy groups -OCH3 is 1. The summed E-state index contributed by atoms with van der Waals surface area (Å²) in [5.41, 5.74) is 8.88. The van der Waals surface area contributed by atoms with Crippen molar-refractivity contribution >= 4 is 11.9 Å². The number of nitrogens with zero attached hydrogens (tertiary/aromatic N) is 2. The number of carbonyl (C=O) groups is 1. The third-order valence-corrected chi connectivity index (χ3v) is 2.98. The first-order valence-corrected chi connectivity index (χ1v) is 5.69. The Morgan fingerprint density at radius 3 is 2.58 bits per heavy atom. The highest BCUT2D eigenvalue weighted by Crippen LogP contribution is 2.33. The number of ether oxygens (including phenoxy) is 1. The first kappa shape index (κ1) is 12.9. The number of aryl methyl sites for hydroxylation is 2. The minimum atomic E-state index is -1.20. The van der Waals surface area contributed by atoms with Crippen LogP contribution in [0.25, 0.3) is 11.1 Å². The quantitative estimate of drug-likeness (QED) is 0.865. The van der Waals surface area contributed by atoms with Crippen molar-refractivity contribution in [2.75, 3.05) is 12.8 Å². The van der Waals surface area contributed by atoms with Crippen LogP contribution >= 0.6 is 0 Å². The maximum absolute atomic E-state index is 11.0. The molecule has 2 aromatic rings. The summed E-state index contributed by atoms with van der Waals surface area (Å²) in [5, 5.41) is 12.9. The molecule has 1 aromatic heterocycles. The number of hydrogen-bond donors (Lipinski definition) is 2. The van der Waals surface area contributed by atoms with Crippen molar-refractivity contribution < 1.29 is 14.6 Å². The van der Waals surface area contributed by atoms with Crippen LogP contribution in [0.1, 0.15) is 11.3 Å². The van der Waals surface area contributed by atoms with E-state index in [2.05, 4.69) is 5.10 Å². The summed E-state index contributed by atoms with van der Waals surface area (Å²) >= 11 is 0. The average Bonchev–Trinajstić information content (AvgIpc) is 2.65. The molecular formula is C13H15N3O3. The lowest BCUT2D eigenvalue weighted by Crippen LogP contribution is -2.12. The molecule has 6 nitrogen and oxygen atoms in total. The van der Waals surface area contributed by atoms with Crippen molar-refractivity contribution in [3.8, 4) is 16.9 Å². The van der Waals surface area contributed by atoms with Gasteiger partial charge in [-0.2, -0.15) is 5.10 Å². The van der Waals surface area contributed by atoms with E-state index < -0.39 is 6.09 Å². The van der Waals surface area contributed by atoms with Gasteiger partial charge in [0, 0.05) is 5.56 Å². The van der Waals surface area contributed by atoms with Crippen LogP contribution in [0.3, 0.4) is 0 Å². The predicted octanol–water partition coefficient (Wildman–Crippen LogP) is 2.28. The molecule has 2 rings (SSSR count). The second kappa shape index (κ2) is 4.64. The molecule has 0 bridgehead atoms. The number of hydrogen-bond acceptors (Lipinski definition) is 4. The maximum atomic E-state index is 11.0. The van der Waals surface area contributed by atoms with E-state index >= 15 is 0 Å². The van der Waals surface area contributed by atoms with Gasteiger partial charge in [-0.25, -0.2) is 4.79 Å². The van der Waals surface area contributed by atoms with E-state index in [1.807, 2.05) is 19.1 Å². The van der Waals surface area contributed by atoms with Crippen molar-refractivity contribution in [2.24, 2.45) is 0 Å². The van der Waals surface area contributed by atoms with E-state index in [0.717, 1.165) is 21.6 Å². The van der Waals surface area contributed by atoms with Gasteiger partial charge < -0.3 is 15.6 Å². The normalized spacial score (nSPS) is 10.5. The molecule has 0 amide bonds. The van der Waals surface area contributed by atoms with Crippen LogP contribution in [-0.2, 0) is 0 Å². The van der Waals surface area contributed by atoms with Gasteiger partial charge in [-0.1, -0.05) is 6.07 Å². The molecule has 0 atom stereocenters. The number of benzene rings is 1. The Labute approximate surface area is 110 Å². The third-order valence-electron chi connectivity index (χ3n) is 2.98. The molecule has 0 fully saturated rings. The Morgan fingerprint density at radius 1 is 1.42 bits per heavy atom. The number of anilines is 1. The third kappa shape index (κ3) is 2.12.